The average Bonchev–Trinajstić information content (AvgIpc) is 2.34. The molecule has 0 aromatic rings. The summed E-state index contributed by atoms with van der Waals surface area (Å²) in [5.74, 6) is 0.536. The minimum absolute atomic E-state index is 0.339. The zero-order valence-corrected chi connectivity index (χ0v) is 11.7. The van der Waals surface area contributed by atoms with Crippen molar-refractivity contribution in [2.75, 3.05) is 44.7 Å². The van der Waals surface area contributed by atoms with E-state index in [1.54, 1.807) is 6.92 Å². The van der Waals surface area contributed by atoms with E-state index in [-0.39, 0.29) is 6.04 Å². The highest BCUT2D eigenvalue weighted by molar-refractivity contribution is 7.98. The van der Waals surface area contributed by atoms with E-state index in [9.17, 15) is 4.79 Å². The maximum atomic E-state index is 10.9. The van der Waals surface area contributed by atoms with Crippen molar-refractivity contribution in [3.05, 3.63) is 0 Å². The van der Waals surface area contributed by atoms with Crippen molar-refractivity contribution < 1.29 is 9.90 Å². The lowest BCUT2D eigenvalue weighted by Gasteiger charge is -2.36. The van der Waals surface area contributed by atoms with Crippen molar-refractivity contribution in [1.82, 2.24) is 9.80 Å². The summed E-state index contributed by atoms with van der Waals surface area (Å²) in [6.07, 6.45) is 4.69. The summed E-state index contributed by atoms with van der Waals surface area (Å²) in [5.41, 5.74) is 0. The first-order chi connectivity index (χ1) is 8.15. The van der Waals surface area contributed by atoms with Gasteiger partial charge >= 0.3 is 5.97 Å². The van der Waals surface area contributed by atoms with Crippen LogP contribution in [0.4, 0.5) is 0 Å². The molecule has 0 amide bonds. The number of piperazine rings is 1. The van der Waals surface area contributed by atoms with Gasteiger partial charge in [-0.1, -0.05) is 0 Å². The van der Waals surface area contributed by atoms with Gasteiger partial charge in [0, 0.05) is 26.2 Å². The van der Waals surface area contributed by atoms with Crippen LogP contribution in [0.5, 0.6) is 0 Å². The second-order valence-corrected chi connectivity index (χ2v) is 5.58. The predicted molar refractivity (Wildman–Crippen MR) is 72.7 cm³/mol. The van der Waals surface area contributed by atoms with E-state index >= 15 is 0 Å². The van der Waals surface area contributed by atoms with Crippen LogP contribution in [0.25, 0.3) is 0 Å². The van der Waals surface area contributed by atoms with Gasteiger partial charge in [0.1, 0.15) is 6.04 Å². The molecule has 4 nitrogen and oxygen atoms in total. The fourth-order valence-electron chi connectivity index (χ4n) is 2.11. The number of aliphatic carboxylic acids is 1. The summed E-state index contributed by atoms with van der Waals surface area (Å²) in [4.78, 5) is 15.4. The van der Waals surface area contributed by atoms with Crippen LogP contribution in [-0.2, 0) is 4.79 Å². The van der Waals surface area contributed by atoms with Crippen molar-refractivity contribution >= 4 is 17.7 Å². The lowest BCUT2D eigenvalue weighted by Crippen LogP contribution is -2.51. The van der Waals surface area contributed by atoms with Crippen molar-refractivity contribution in [2.24, 2.45) is 0 Å². The first kappa shape index (κ1) is 14.8. The van der Waals surface area contributed by atoms with Crippen LogP contribution in [0.2, 0.25) is 0 Å². The Hall–Kier alpha value is -0.260. The molecule has 5 heteroatoms. The van der Waals surface area contributed by atoms with Gasteiger partial charge < -0.3 is 10.0 Å². The first-order valence-electron chi connectivity index (χ1n) is 6.33. The summed E-state index contributed by atoms with van der Waals surface area (Å²) in [6.45, 7) is 6.73. The van der Waals surface area contributed by atoms with Crippen molar-refractivity contribution in [2.45, 2.75) is 25.8 Å². The number of carbonyl (C=O) groups is 1. The summed E-state index contributed by atoms with van der Waals surface area (Å²) in [5, 5.41) is 8.94. The Labute approximate surface area is 108 Å². The van der Waals surface area contributed by atoms with Crippen LogP contribution in [0.15, 0.2) is 0 Å². The highest BCUT2D eigenvalue weighted by Crippen LogP contribution is 2.08. The molecule has 0 aliphatic carbocycles. The standard InChI is InChI=1S/C12H24N2O2S/c1-11(12(15)16)14-8-6-13(7-9-14)5-3-4-10-17-2/h11H,3-10H2,1-2H3,(H,15,16). The molecule has 0 bridgehead atoms. The smallest absolute Gasteiger partial charge is 0.320 e. The Morgan fingerprint density at radius 2 is 1.94 bits per heavy atom. The number of hydrogen-bond donors (Lipinski definition) is 1. The Morgan fingerprint density at radius 1 is 1.29 bits per heavy atom. The molecule has 0 aromatic heterocycles. The highest BCUT2D eigenvalue weighted by Gasteiger charge is 2.24. The molecule has 1 atom stereocenters. The molecule has 1 unspecified atom stereocenters. The minimum atomic E-state index is -0.710. The summed E-state index contributed by atoms with van der Waals surface area (Å²) in [7, 11) is 0. The van der Waals surface area contributed by atoms with Crippen molar-refractivity contribution in [3.8, 4) is 0 Å². The Bertz CT molecular complexity index is 231. The van der Waals surface area contributed by atoms with Gasteiger partial charge in [-0.15, -0.1) is 0 Å². The molecule has 1 rings (SSSR count). The van der Waals surface area contributed by atoms with Gasteiger partial charge in [0.15, 0.2) is 0 Å². The van der Waals surface area contributed by atoms with Gasteiger partial charge in [-0.25, -0.2) is 0 Å². The Balaban J connectivity index is 2.15. The number of nitrogens with zero attached hydrogens (tertiary/aromatic N) is 2. The van der Waals surface area contributed by atoms with Crippen LogP contribution in [0, 0.1) is 0 Å². The third-order valence-corrected chi connectivity index (χ3v) is 4.08. The van der Waals surface area contributed by atoms with Crippen LogP contribution in [-0.4, -0.2) is 71.6 Å². The SMILES string of the molecule is CSCCCCN1CCN(C(C)C(=O)O)CC1. The van der Waals surface area contributed by atoms with Crippen LogP contribution < -0.4 is 0 Å². The molecular weight excluding hydrogens is 236 g/mol. The quantitative estimate of drug-likeness (QED) is 0.697. The normalized spacial score (nSPS) is 20.4. The number of carboxylic acids is 1. The van der Waals surface area contributed by atoms with Gasteiger partial charge in [-0.05, 0) is 38.3 Å². The van der Waals surface area contributed by atoms with Gasteiger partial charge in [0.2, 0.25) is 0 Å². The van der Waals surface area contributed by atoms with E-state index in [2.05, 4.69) is 16.1 Å². The van der Waals surface area contributed by atoms with E-state index in [0.29, 0.717) is 0 Å². The molecule has 0 spiro atoms. The minimum Gasteiger partial charge on any atom is -0.480 e. The lowest BCUT2D eigenvalue weighted by atomic mass is 10.2. The third kappa shape index (κ3) is 5.27. The topological polar surface area (TPSA) is 43.8 Å². The fourth-order valence-corrected chi connectivity index (χ4v) is 2.61. The number of thioether (sulfide) groups is 1. The second kappa shape index (κ2) is 7.95. The van der Waals surface area contributed by atoms with E-state index in [1.165, 1.54) is 18.6 Å². The molecule has 0 saturated carbocycles. The molecule has 1 fully saturated rings. The van der Waals surface area contributed by atoms with Gasteiger partial charge in [-0.3, -0.25) is 9.69 Å². The predicted octanol–water partition coefficient (Wildman–Crippen LogP) is 1.22. The van der Waals surface area contributed by atoms with Gasteiger partial charge in [0.05, 0.1) is 0 Å². The second-order valence-electron chi connectivity index (χ2n) is 4.59. The largest absolute Gasteiger partial charge is 0.480 e. The monoisotopic (exact) mass is 260 g/mol. The summed E-state index contributed by atoms with van der Waals surface area (Å²) in [6, 6.07) is -0.339. The molecule has 0 aromatic carbocycles. The molecule has 1 saturated heterocycles. The van der Waals surface area contributed by atoms with Crippen LogP contribution in [0.3, 0.4) is 0 Å². The van der Waals surface area contributed by atoms with E-state index in [1.807, 2.05) is 11.8 Å². The fraction of sp³-hybridized carbons (Fsp3) is 0.917. The maximum absolute atomic E-state index is 10.9. The molecule has 17 heavy (non-hydrogen) atoms. The first-order valence-corrected chi connectivity index (χ1v) is 7.72. The number of rotatable bonds is 7. The summed E-state index contributed by atoms with van der Waals surface area (Å²) >= 11 is 1.90. The molecule has 1 heterocycles. The molecule has 0 radical (unpaired) electrons. The molecule has 1 aliphatic rings. The number of hydrogen-bond acceptors (Lipinski definition) is 4. The van der Waals surface area contributed by atoms with Gasteiger partial charge in [-0.2, -0.15) is 11.8 Å². The Kier molecular flexibility index (Phi) is 6.92. The summed E-state index contributed by atoms with van der Waals surface area (Å²) < 4.78 is 0. The Morgan fingerprint density at radius 3 is 2.47 bits per heavy atom. The maximum Gasteiger partial charge on any atom is 0.320 e. The molecular formula is C12H24N2O2S. The van der Waals surface area contributed by atoms with E-state index in [4.69, 9.17) is 5.11 Å². The zero-order valence-electron chi connectivity index (χ0n) is 10.9. The zero-order chi connectivity index (χ0) is 12.7. The molecule has 1 N–H and O–H groups in total. The third-order valence-electron chi connectivity index (χ3n) is 3.38. The lowest BCUT2D eigenvalue weighted by molar-refractivity contribution is -0.143. The van der Waals surface area contributed by atoms with Gasteiger partial charge in [0.25, 0.3) is 0 Å². The number of unbranched alkanes of at least 4 members (excludes halogenated alkanes) is 1. The van der Waals surface area contributed by atoms with Crippen molar-refractivity contribution in [1.29, 1.82) is 0 Å². The average molecular weight is 260 g/mol. The van der Waals surface area contributed by atoms with Crippen LogP contribution >= 0.6 is 11.8 Å². The molecule has 1 aliphatic heterocycles. The van der Waals surface area contributed by atoms with E-state index < -0.39 is 5.97 Å². The van der Waals surface area contributed by atoms with E-state index in [0.717, 1.165) is 32.7 Å². The van der Waals surface area contributed by atoms with Crippen molar-refractivity contribution in [3.63, 3.8) is 0 Å². The molecule has 100 valence electrons. The highest BCUT2D eigenvalue weighted by atomic mass is 32.2. The van der Waals surface area contributed by atoms with Crippen LogP contribution in [0.1, 0.15) is 19.8 Å². The number of carboxylic acid groups (broad SMARTS) is 1.